The van der Waals surface area contributed by atoms with Crippen LogP contribution in [0.4, 0.5) is 0 Å². The number of carbonyl (C=O) groups is 1. The van der Waals surface area contributed by atoms with Crippen molar-refractivity contribution in [3.05, 3.63) is 69.5 Å². The van der Waals surface area contributed by atoms with Crippen LogP contribution in [0, 0.1) is 0 Å². The van der Waals surface area contributed by atoms with E-state index in [1.807, 2.05) is 37.3 Å². The zero-order valence-electron chi connectivity index (χ0n) is 14.9. The molecule has 0 unspecified atom stereocenters. The summed E-state index contributed by atoms with van der Waals surface area (Å²) in [4.78, 5) is 29.6. The Morgan fingerprint density at radius 1 is 1.26 bits per heavy atom. The van der Waals surface area contributed by atoms with Crippen molar-refractivity contribution in [2.75, 3.05) is 0 Å². The van der Waals surface area contributed by atoms with Crippen LogP contribution in [0.1, 0.15) is 18.9 Å². The molecule has 0 radical (unpaired) electrons. The lowest BCUT2D eigenvalue weighted by molar-refractivity contribution is -0.117. The van der Waals surface area contributed by atoms with Gasteiger partial charge in [-0.25, -0.2) is 4.98 Å². The average Bonchev–Trinajstić information content (AvgIpc) is 2.64. The Morgan fingerprint density at radius 2 is 2.00 bits per heavy atom. The van der Waals surface area contributed by atoms with Gasteiger partial charge < -0.3 is 5.73 Å². The number of nitrogens with two attached hydrogens (primary N) is 1. The number of rotatable bonds is 7. The Bertz CT molecular complexity index is 1020. The van der Waals surface area contributed by atoms with Gasteiger partial charge in [0, 0.05) is 11.6 Å². The van der Waals surface area contributed by atoms with E-state index < -0.39 is 11.2 Å². The van der Waals surface area contributed by atoms with Gasteiger partial charge in [-0.3, -0.25) is 14.2 Å². The zero-order chi connectivity index (χ0) is 19.4. The summed E-state index contributed by atoms with van der Waals surface area (Å²) in [5.74, 6) is -0.438. The van der Waals surface area contributed by atoms with Gasteiger partial charge in [0.2, 0.25) is 5.91 Å². The van der Waals surface area contributed by atoms with Gasteiger partial charge in [-0.1, -0.05) is 60.6 Å². The van der Waals surface area contributed by atoms with E-state index in [4.69, 9.17) is 17.3 Å². The monoisotopic (exact) mass is 401 g/mol. The van der Waals surface area contributed by atoms with Crippen molar-refractivity contribution in [2.45, 2.75) is 36.7 Å². The second kappa shape index (κ2) is 8.59. The molecule has 1 heterocycles. The topological polar surface area (TPSA) is 78.0 Å². The number of carbonyl (C=O) groups excluding carboxylic acids is 1. The minimum absolute atomic E-state index is 0.135. The first-order valence-corrected chi connectivity index (χ1v) is 9.95. The number of thioether (sulfide) groups is 1. The number of primary amides is 1. The maximum atomic E-state index is 12.9. The Labute approximate surface area is 166 Å². The molecule has 0 saturated carbocycles. The van der Waals surface area contributed by atoms with Gasteiger partial charge in [0.1, 0.15) is 0 Å². The molecule has 27 heavy (non-hydrogen) atoms. The largest absolute Gasteiger partial charge is 0.369 e. The second-order valence-electron chi connectivity index (χ2n) is 6.21. The van der Waals surface area contributed by atoms with Crippen LogP contribution in [0.3, 0.4) is 0 Å². The maximum absolute atomic E-state index is 12.9. The third kappa shape index (κ3) is 4.51. The van der Waals surface area contributed by atoms with E-state index in [9.17, 15) is 9.59 Å². The molecular formula is C20H20ClN3O2S. The van der Waals surface area contributed by atoms with Crippen LogP contribution in [0.5, 0.6) is 0 Å². The van der Waals surface area contributed by atoms with E-state index in [0.29, 0.717) is 34.0 Å². The summed E-state index contributed by atoms with van der Waals surface area (Å²) in [6.45, 7) is 2.51. The Morgan fingerprint density at radius 3 is 2.67 bits per heavy atom. The summed E-state index contributed by atoms with van der Waals surface area (Å²) < 4.78 is 1.61. The first-order valence-electron chi connectivity index (χ1n) is 8.69. The Balaban J connectivity index is 2.03. The fourth-order valence-electron chi connectivity index (χ4n) is 2.84. The van der Waals surface area contributed by atoms with Gasteiger partial charge in [0.25, 0.3) is 5.56 Å². The van der Waals surface area contributed by atoms with Gasteiger partial charge in [0.15, 0.2) is 5.16 Å². The molecule has 1 aromatic heterocycles. The molecule has 0 aliphatic rings. The smallest absolute Gasteiger partial charge is 0.262 e. The minimum atomic E-state index is -0.529. The molecule has 0 spiro atoms. The van der Waals surface area contributed by atoms with Crippen LogP contribution >= 0.6 is 23.4 Å². The zero-order valence-corrected chi connectivity index (χ0v) is 16.5. The van der Waals surface area contributed by atoms with Crippen LogP contribution in [-0.4, -0.2) is 20.7 Å². The SMILES string of the molecule is CCCn1c(S[C@@H](Cc2ccccc2)C(N)=O)nc2cc(Cl)ccc2c1=O. The van der Waals surface area contributed by atoms with E-state index in [0.717, 1.165) is 12.0 Å². The van der Waals surface area contributed by atoms with Crippen molar-refractivity contribution >= 4 is 40.2 Å². The number of aromatic nitrogens is 2. The highest BCUT2D eigenvalue weighted by molar-refractivity contribution is 8.00. The molecule has 0 bridgehead atoms. The predicted molar refractivity (Wildman–Crippen MR) is 110 cm³/mol. The molecule has 0 fully saturated rings. The lowest BCUT2D eigenvalue weighted by Gasteiger charge is -2.17. The van der Waals surface area contributed by atoms with Crippen molar-refractivity contribution in [3.8, 4) is 0 Å². The number of nitrogens with zero attached hydrogens (tertiary/aromatic N) is 2. The van der Waals surface area contributed by atoms with Crippen molar-refractivity contribution in [3.63, 3.8) is 0 Å². The number of hydrogen-bond donors (Lipinski definition) is 1. The molecule has 3 aromatic rings. The van der Waals surface area contributed by atoms with Crippen LogP contribution in [-0.2, 0) is 17.8 Å². The summed E-state index contributed by atoms with van der Waals surface area (Å²) in [6.07, 6.45) is 1.24. The van der Waals surface area contributed by atoms with Gasteiger partial charge in [0.05, 0.1) is 16.2 Å². The molecular weight excluding hydrogens is 382 g/mol. The second-order valence-corrected chi connectivity index (χ2v) is 7.82. The van der Waals surface area contributed by atoms with Crippen molar-refractivity contribution < 1.29 is 4.79 Å². The van der Waals surface area contributed by atoms with Gasteiger partial charge in [-0.15, -0.1) is 0 Å². The highest BCUT2D eigenvalue weighted by Crippen LogP contribution is 2.26. The van der Waals surface area contributed by atoms with Crippen molar-refractivity contribution in [1.29, 1.82) is 0 Å². The van der Waals surface area contributed by atoms with Crippen LogP contribution in [0.25, 0.3) is 10.9 Å². The summed E-state index contributed by atoms with van der Waals surface area (Å²) in [7, 11) is 0. The quantitative estimate of drug-likeness (QED) is 0.484. The first-order chi connectivity index (χ1) is 13.0. The number of halogens is 1. The molecule has 2 N–H and O–H groups in total. The normalized spacial score (nSPS) is 12.2. The van der Waals surface area contributed by atoms with E-state index in [2.05, 4.69) is 4.98 Å². The molecule has 3 rings (SSSR count). The summed E-state index contributed by atoms with van der Waals surface area (Å²) in [6, 6.07) is 14.7. The highest BCUT2D eigenvalue weighted by atomic mass is 35.5. The van der Waals surface area contributed by atoms with Crippen molar-refractivity contribution in [1.82, 2.24) is 9.55 Å². The van der Waals surface area contributed by atoms with Crippen molar-refractivity contribution in [2.24, 2.45) is 5.73 Å². The number of benzene rings is 2. The molecule has 140 valence electrons. The van der Waals surface area contributed by atoms with Crippen LogP contribution in [0.15, 0.2) is 58.5 Å². The van der Waals surface area contributed by atoms with E-state index >= 15 is 0 Å². The molecule has 0 aliphatic heterocycles. The first kappa shape index (κ1) is 19.5. The molecule has 0 aliphatic carbocycles. The Hall–Kier alpha value is -2.31. The summed E-state index contributed by atoms with van der Waals surface area (Å²) >= 11 is 7.29. The third-order valence-electron chi connectivity index (χ3n) is 4.16. The third-order valence-corrected chi connectivity index (χ3v) is 5.60. The molecule has 5 nitrogen and oxygen atoms in total. The Kier molecular flexibility index (Phi) is 6.19. The molecule has 7 heteroatoms. The lowest BCUT2D eigenvalue weighted by atomic mass is 10.1. The lowest BCUT2D eigenvalue weighted by Crippen LogP contribution is -2.30. The van der Waals surface area contributed by atoms with Gasteiger partial charge in [-0.2, -0.15) is 0 Å². The van der Waals surface area contributed by atoms with E-state index in [-0.39, 0.29) is 5.56 Å². The predicted octanol–water partition coefficient (Wildman–Crippen LogP) is 3.65. The molecule has 1 atom stereocenters. The van der Waals surface area contributed by atoms with E-state index in [1.54, 1.807) is 22.8 Å². The van der Waals surface area contributed by atoms with Gasteiger partial charge >= 0.3 is 0 Å². The fraction of sp³-hybridized carbons (Fsp3) is 0.250. The maximum Gasteiger partial charge on any atom is 0.262 e. The molecule has 0 saturated heterocycles. The number of hydrogen-bond acceptors (Lipinski definition) is 4. The summed E-state index contributed by atoms with van der Waals surface area (Å²) in [5.41, 5.74) is 7.02. The fourth-order valence-corrected chi connectivity index (χ4v) is 4.11. The standard InChI is InChI=1S/C20H20ClN3O2S/c1-2-10-24-19(26)15-9-8-14(21)12-16(15)23-20(24)27-17(18(22)25)11-13-6-4-3-5-7-13/h3-9,12,17H,2,10-11H2,1H3,(H2,22,25)/t17-/m0/s1. The van der Waals surface area contributed by atoms with Gasteiger partial charge in [-0.05, 0) is 36.6 Å². The van der Waals surface area contributed by atoms with Crippen LogP contribution < -0.4 is 11.3 Å². The number of fused-ring (bicyclic) bond motifs is 1. The van der Waals surface area contributed by atoms with Crippen LogP contribution in [0.2, 0.25) is 5.02 Å². The average molecular weight is 402 g/mol. The highest BCUT2D eigenvalue weighted by Gasteiger charge is 2.22. The number of amides is 1. The molecule has 2 aromatic carbocycles. The molecule has 1 amide bonds. The van der Waals surface area contributed by atoms with E-state index in [1.165, 1.54) is 11.8 Å². The summed E-state index contributed by atoms with van der Waals surface area (Å²) in [5, 5.41) is 0.973. The minimum Gasteiger partial charge on any atom is -0.369 e.